The monoisotopic (exact) mass is 383 g/mol. The minimum Gasteiger partial charge on any atom is -0.508 e. The molecule has 134 valence electrons. The molecule has 0 radical (unpaired) electrons. The van der Waals surface area contributed by atoms with Crippen molar-refractivity contribution in [3.63, 3.8) is 0 Å². The summed E-state index contributed by atoms with van der Waals surface area (Å²) in [6.45, 7) is 1.60. The average molecular weight is 384 g/mol. The first-order valence-electron chi connectivity index (χ1n) is 7.49. The average Bonchev–Trinajstić information content (AvgIpc) is 2.56. The largest absolute Gasteiger partial charge is 0.508 e. The first-order chi connectivity index (χ1) is 11.7. The van der Waals surface area contributed by atoms with Crippen LogP contribution in [0.15, 0.2) is 53.4 Å². The zero-order chi connectivity index (χ0) is 18.7. The van der Waals surface area contributed by atoms with E-state index in [0.29, 0.717) is 10.6 Å². The third-order valence-corrected chi connectivity index (χ3v) is 5.71. The zero-order valence-electron chi connectivity index (χ0n) is 13.4. The maximum atomic E-state index is 12.6. The number of benzene rings is 2. The third kappa shape index (κ3) is 4.50. The van der Waals surface area contributed by atoms with Crippen molar-refractivity contribution >= 4 is 27.6 Å². The van der Waals surface area contributed by atoms with Gasteiger partial charge in [0.15, 0.2) is 0 Å². The van der Waals surface area contributed by atoms with Crippen molar-refractivity contribution < 1.29 is 23.4 Å². The second-order valence-electron chi connectivity index (χ2n) is 5.64. The van der Waals surface area contributed by atoms with Crippen LogP contribution in [0, 0.1) is 0 Å². The van der Waals surface area contributed by atoms with Crippen LogP contribution in [0.25, 0.3) is 0 Å². The van der Waals surface area contributed by atoms with Gasteiger partial charge in [-0.3, -0.25) is 4.79 Å². The number of halogens is 1. The Kier molecular flexibility index (Phi) is 5.72. The lowest BCUT2D eigenvalue weighted by Crippen LogP contribution is -2.55. The molecule has 0 saturated carbocycles. The van der Waals surface area contributed by atoms with Crippen LogP contribution in [0.2, 0.25) is 5.02 Å². The molecule has 2 rings (SSSR count). The number of nitrogens with one attached hydrogen (secondary N) is 1. The summed E-state index contributed by atoms with van der Waals surface area (Å²) < 4.78 is 27.5. The van der Waals surface area contributed by atoms with Crippen molar-refractivity contribution in [2.24, 2.45) is 0 Å². The van der Waals surface area contributed by atoms with E-state index < -0.39 is 21.5 Å². The van der Waals surface area contributed by atoms with Crippen molar-refractivity contribution in [1.82, 2.24) is 4.72 Å². The van der Waals surface area contributed by atoms with Crippen LogP contribution in [0.5, 0.6) is 5.75 Å². The van der Waals surface area contributed by atoms with Gasteiger partial charge >= 0.3 is 5.97 Å². The Morgan fingerprint density at radius 3 is 2.16 bits per heavy atom. The lowest BCUT2D eigenvalue weighted by atomic mass is 9.89. The molecule has 0 aliphatic carbocycles. The molecule has 2 aromatic carbocycles. The van der Waals surface area contributed by atoms with Gasteiger partial charge < -0.3 is 10.2 Å². The standard InChI is InChI=1S/C17H18ClNO5S/c1-2-17(16(21)22,11-12-3-7-14(20)8-4-12)19-25(23,24)15-9-5-13(18)6-10-15/h3-10,19-20H,2,11H2,1H3,(H,21,22)/t17-/m0/s1. The SMILES string of the molecule is CC[C@@](Cc1ccc(O)cc1)(NS(=O)(=O)c1ccc(Cl)cc1)C(=O)O. The van der Waals surface area contributed by atoms with Crippen LogP contribution in [-0.2, 0) is 21.2 Å². The first kappa shape index (κ1) is 19.2. The third-order valence-electron chi connectivity index (χ3n) is 3.91. The number of carboxylic acids is 1. The van der Waals surface area contributed by atoms with Crippen molar-refractivity contribution in [2.75, 3.05) is 0 Å². The van der Waals surface area contributed by atoms with Gasteiger partial charge in [0.1, 0.15) is 11.3 Å². The van der Waals surface area contributed by atoms with Crippen molar-refractivity contribution in [1.29, 1.82) is 0 Å². The second-order valence-corrected chi connectivity index (χ2v) is 7.76. The van der Waals surface area contributed by atoms with E-state index >= 15 is 0 Å². The highest BCUT2D eigenvalue weighted by atomic mass is 35.5. The fraction of sp³-hybridized carbons (Fsp3) is 0.235. The van der Waals surface area contributed by atoms with E-state index in [9.17, 15) is 23.4 Å². The van der Waals surface area contributed by atoms with E-state index in [-0.39, 0.29) is 23.5 Å². The summed E-state index contributed by atoms with van der Waals surface area (Å²) in [6, 6.07) is 11.4. The van der Waals surface area contributed by atoms with Crippen LogP contribution < -0.4 is 4.72 Å². The predicted octanol–water partition coefficient (Wildman–Crippen LogP) is 2.80. The van der Waals surface area contributed by atoms with Crippen LogP contribution in [0.1, 0.15) is 18.9 Å². The summed E-state index contributed by atoms with van der Waals surface area (Å²) in [5.41, 5.74) is -1.13. The van der Waals surface area contributed by atoms with E-state index in [1.807, 2.05) is 0 Å². The molecule has 0 aliphatic rings. The number of phenolic OH excluding ortho intramolecular Hbond substituents is 1. The fourth-order valence-electron chi connectivity index (χ4n) is 2.40. The molecular formula is C17H18ClNO5S. The quantitative estimate of drug-likeness (QED) is 0.682. The minimum atomic E-state index is -4.06. The van der Waals surface area contributed by atoms with Gasteiger partial charge in [0.2, 0.25) is 10.0 Å². The molecule has 0 aromatic heterocycles. The summed E-state index contributed by atoms with van der Waals surface area (Å²) in [5.74, 6) is -1.23. The summed E-state index contributed by atoms with van der Waals surface area (Å²) in [7, 11) is -4.06. The normalized spacial score (nSPS) is 14.0. The first-order valence-corrected chi connectivity index (χ1v) is 9.35. The van der Waals surface area contributed by atoms with Crippen LogP contribution >= 0.6 is 11.6 Å². The molecule has 0 bridgehead atoms. The van der Waals surface area contributed by atoms with E-state index in [4.69, 9.17) is 11.6 Å². The van der Waals surface area contributed by atoms with Gasteiger partial charge in [-0.1, -0.05) is 30.7 Å². The molecule has 8 heteroatoms. The second kappa shape index (κ2) is 7.43. The Labute approximate surface area is 151 Å². The number of hydrogen-bond acceptors (Lipinski definition) is 4. The predicted molar refractivity (Wildman–Crippen MR) is 94.2 cm³/mol. The smallest absolute Gasteiger partial charge is 0.325 e. The van der Waals surface area contributed by atoms with E-state index in [0.717, 1.165) is 0 Å². The maximum absolute atomic E-state index is 12.6. The molecule has 25 heavy (non-hydrogen) atoms. The number of sulfonamides is 1. The Morgan fingerprint density at radius 2 is 1.68 bits per heavy atom. The number of carbonyl (C=O) groups is 1. The summed E-state index contributed by atoms with van der Waals surface area (Å²) >= 11 is 5.76. The van der Waals surface area contributed by atoms with Gasteiger partial charge in [-0.2, -0.15) is 4.72 Å². The minimum absolute atomic E-state index is 0.0377. The molecule has 0 heterocycles. The number of hydrogen-bond donors (Lipinski definition) is 3. The summed E-state index contributed by atoms with van der Waals surface area (Å²) in [5, 5.41) is 19.4. The van der Waals surface area contributed by atoms with Gasteiger partial charge in [-0.25, -0.2) is 8.42 Å². The Balaban J connectivity index is 2.38. The highest BCUT2D eigenvalue weighted by Gasteiger charge is 2.41. The van der Waals surface area contributed by atoms with Gasteiger partial charge in [0.05, 0.1) is 4.90 Å². The van der Waals surface area contributed by atoms with Crippen molar-refractivity contribution in [3.05, 3.63) is 59.1 Å². The Hall–Kier alpha value is -2.09. The van der Waals surface area contributed by atoms with E-state index in [1.165, 1.54) is 36.4 Å². The lowest BCUT2D eigenvalue weighted by molar-refractivity contribution is -0.144. The van der Waals surface area contributed by atoms with Crippen LogP contribution in [0.4, 0.5) is 0 Å². The fourth-order valence-corrected chi connectivity index (χ4v) is 3.95. The van der Waals surface area contributed by atoms with Gasteiger partial charge in [0.25, 0.3) is 0 Å². The molecule has 0 amide bonds. The van der Waals surface area contributed by atoms with Crippen LogP contribution in [-0.4, -0.2) is 30.1 Å². The Morgan fingerprint density at radius 1 is 1.12 bits per heavy atom. The van der Waals surface area contributed by atoms with E-state index in [2.05, 4.69) is 4.72 Å². The lowest BCUT2D eigenvalue weighted by Gasteiger charge is -2.29. The molecule has 0 unspecified atom stereocenters. The number of carboxylic acid groups (broad SMARTS) is 1. The zero-order valence-corrected chi connectivity index (χ0v) is 15.0. The molecule has 0 spiro atoms. The van der Waals surface area contributed by atoms with Crippen LogP contribution in [0.3, 0.4) is 0 Å². The molecule has 3 N–H and O–H groups in total. The number of aromatic hydroxyl groups is 1. The van der Waals surface area contributed by atoms with Crippen molar-refractivity contribution in [2.45, 2.75) is 30.2 Å². The molecule has 1 atom stereocenters. The molecular weight excluding hydrogens is 366 g/mol. The Bertz CT molecular complexity index is 850. The van der Waals surface area contributed by atoms with Gasteiger partial charge in [-0.05, 0) is 48.4 Å². The highest BCUT2D eigenvalue weighted by molar-refractivity contribution is 7.89. The van der Waals surface area contributed by atoms with Crippen molar-refractivity contribution in [3.8, 4) is 5.75 Å². The molecule has 0 aliphatic heterocycles. The summed E-state index contributed by atoms with van der Waals surface area (Å²) in [6.07, 6.45) is -0.0258. The van der Waals surface area contributed by atoms with Gasteiger partial charge in [-0.15, -0.1) is 0 Å². The molecule has 2 aromatic rings. The van der Waals surface area contributed by atoms with E-state index in [1.54, 1.807) is 19.1 Å². The number of aliphatic carboxylic acids is 1. The molecule has 6 nitrogen and oxygen atoms in total. The maximum Gasteiger partial charge on any atom is 0.325 e. The molecule has 0 fully saturated rings. The topological polar surface area (TPSA) is 104 Å². The highest BCUT2D eigenvalue weighted by Crippen LogP contribution is 2.23. The molecule has 0 saturated heterocycles. The summed E-state index contributed by atoms with van der Waals surface area (Å²) in [4.78, 5) is 11.8. The number of phenols is 1. The number of rotatable bonds is 7. The van der Waals surface area contributed by atoms with Gasteiger partial charge in [0, 0.05) is 11.4 Å².